The summed E-state index contributed by atoms with van der Waals surface area (Å²) in [6, 6.07) is 9.43. The van der Waals surface area contributed by atoms with Crippen LogP contribution >= 0.6 is 23.2 Å². The minimum atomic E-state index is -0.324. The van der Waals surface area contributed by atoms with Gasteiger partial charge in [0.05, 0.1) is 10.6 Å². The van der Waals surface area contributed by atoms with Gasteiger partial charge in [-0.2, -0.15) is 0 Å². The molecule has 1 saturated heterocycles. The predicted octanol–water partition coefficient (Wildman–Crippen LogP) is 4.17. The third kappa shape index (κ3) is 3.15. The van der Waals surface area contributed by atoms with E-state index in [4.69, 9.17) is 23.2 Å². The highest BCUT2D eigenvalue weighted by Gasteiger charge is 2.39. The summed E-state index contributed by atoms with van der Waals surface area (Å²) in [7, 11) is 1.47. The third-order valence-corrected chi connectivity index (χ3v) is 6.63. The maximum absolute atomic E-state index is 12.6. The molecule has 5 rings (SSSR count). The van der Waals surface area contributed by atoms with E-state index < -0.39 is 0 Å². The molecule has 1 aliphatic carbocycles. The van der Waals surface area contributed by atoms with E-state index in [9.17, 15) is 14.4 Å². The van der Waals surface area contributed by atoms with E-state index >= 15 is 0 Å². The second-order valence-corrected chi connectivity index (χ2v) is 8.87. The number of likely N-dealkylation sites (N-methyl/N-ethyl adjacent to an activating group) is 1. The zero-order valence-electron chi connectivity index (χ0n) is 16.3. The van der Waals surface area contributed by atoms with Gasteiger partial charge < -0.3 is 9.80 Å². The number of carbonyl (C=O) groups is 3. The molecule has 3 aliphatic rings. The Kier molecular flexibility index (Phi) is 4.52. The van der Waals surface area contributed by atoms with E-state index in [0.29, 0.717) is 28.2 Å². The fourth-order valence-electron chi connectivity index (χ4n) is 4.11. The lowest BCUT2D eigenvalue weighted by Crippen LogP contribution is -2.29. The number of amides is 4. The van der Waals surface area contributed by atoms with Crippen molar-refractivity contribution in [3.8, 4) is 11.1 Å². The van der Waals surface area contributed by atoms with E-state index in [1.807, 2.05) is 29.2 Å². The smallest absolute Gasteiger partial charge is 0.327 e. The van der Waals surface area contributed by atoms with Crippen molar-refractivity contribution in [1.82, 2.24) is 14.7 Å². The summed E-state index contributed by atoms with van der Waals surface area (Å²) in [5.41, 5.74) is 4.09. The second-order valence-electron chi connectivity index (χ2n) is 8.05. The topological polar surface area (TPSA) is 60.9 Å². The van der Waals surface area contributed by atoms with Crippen LogP contribution in [0.15, 0.2) is 30.3 Å². The lowest BCUT2D eigenvalue weighted by Gasteiger charge is -2.16. The summed E-state index contributed by atoms with van der Waals surface area (Å²) in [6.07, 6.45) is 2.12. The molecule has 0 aromatic heterocycles. The van der Waals surface area contributed by atoms with E-state index in [1.165, 1.54) is 11.9 Å². The molecule has 0 atom stereocenters. The molecule has 2 aromatic carbocycles. The molecule has 30 heavy (non-hydrogen) atoms. The van der Waals surface area contributed by atoms with Crippen LogP contribution in [0.1, 0.15) is 34.3 Å². The summed E-state index contributed by atoms with van der Waals surface area (Å²) < 4.78 is 0. The standard InChI is InChI=1S/C22H19Cl2N3O3/c1-25-19(28)11-26(22(25)30)9-13-3-2-12(7-17(13)23)14-6-15-10-27(16-4-5-16)21(29)20(15)18(24)8-14/h2-3,6-8,16H,4-5,9-11H2,1H3. The molecule has 2 heterocycles. The highest BCUT2D eigenvalue weighted by atomic mass is 35.5. The van der Waals surface area contributed by atoms with Crippen LogP contribution in [0, 0.1) is 0 Å². The number of halogens is 2. The van der Waals surface area contributed by atoms with E-state index in [-0.39, 0.29) is 30.9 Å². The molecule has 154 valence electrons. The number of carbonyl (C=O) groups excluding carboxylic acids is 3. The molecule has 2 aliphatic heterocycles. The first kappa shape index (κ1) is 19.4. The van der Waals surface area contributed by atoms with Crippen molar-refractivity contribution in [3.63, 3.8) is 0 Å². The first-order valence-corrected chi connectivity index (χ1v) is 10.6. The van der Waals surface area contributed by atoms with Gasteiger partial charge in [0.1, 0.15) is 6.54 Å². The summed E-state index contributed by atoms with van der Waals surface area (Å²) in [5, 5.41) is 0.967. The average molecular weight is 444 g/mol. The lowest BCUT2D eigenvalue weighted by molar-refractivity contribution is -0.124. The van der Waals surface area contributed by atoms with Crippen molar-refractivity contribution in [3.05, 3.63) is 57.1 Å². The van der Waals surface area contributed by atoms with Crippen LogP contribution in [0.2, 0.25) is 10.0 Å². The third-order valence-electron chi connectivity index (χ3n) is 5.98. The zero-order chi connectivity index (χ0) is 21.2. The molecule has 8 heteroatoms. The van der Waals surface area contributed by atoms with E-state index in [0.717, 1.165) is 40.0 Å². The maximum Gasteiger partial charge on any atom is 0.327 e. The Morgan fingerprint density at radius 3 is 2.33 bits per heavy atom. The number of rotatable bonds is 4. The summed E-state index contributed by atoms with van der Waals surface area (Å²) in [5.74, 6) is -0.206. The Morgan fingerprint density at radius 2 is 1.70 bits per heavy atom. The van der Waals surface area contributed by atoms with Gasteiger partial charge in [-0.15, -0.1) is 0 Å². The Morgan fingerprint density at radius 1 is 0.967 bits per heavy atom. The molecular formula is C22H19Cl2N3O3. The van der Waals surface area contributed by atoms with Crippen LogP contribution in [-0.2, 0) is 17.9 Å². The second kappa shape index (κ2) is 7.00. The van der Waals surface area contributed by atoms with E-state index in [1.54, 1.807) is 6.07 Å². The normalized spacial score (nSPS) is 18.6. The summed E-state index contributed by atoms with van der Waals surface area (Å²) >= 11 is 13.0. The molecule has 0 bridgehead atoms. The Bertz CT molecular complexity index is 1110. The minimum absolute atomic E-state index is 0.0206. The zero-order valence-corrected chi connectivity index (χ0v) is 17.8. The minimum Gasteiger partial charge on any atom is -0.331 e. The lowest BCUT2D eigenvalue weighted by atomic mass is 9.99. The first-order valence-electron chi connectivity index (χ1n) is 9.81. The highest BCUT2D eigenvalue weighted by molar-refractivity contribution is 6.34. The molecule has 2 aromatic rings. The van der Waals surface area contributed by atoms with Crippen LogP contribution in [0.4, 0.5) is 4.79 Å². The molecule has 2 fully saturated rings. The van der Waals surface area contributed by atoms with Gasteiger partial charge in [0.2, 0.25) is 5.91 Å². The molecule has 6 nitrogen and oxygen atoms in total. The number of benzene rings is 2. The van der Waals surface area contributed by atoms with Gasteiger partial charge in [0, 0.05) is 31.2 Å². The monoisotopic (exact) mass is 443 g/mol. The van der Waals surface area contributed by atoms with Crippen molar-refractivity contribution in [2.75, 3.05) is 13.6 Å². The van der Waals surface area contributed by atoms with Crippen LogP contribution < -0.4 is 0 Å². The van der Waals surface area contributed by atoms with E-state index in [2.05, 4.69) is 0 Å². The molecule has 0 unspecified atom stereocenters. The van der Waals surface area contributed by atoms with Gasteiger partial charge in [-0.25, -0.2) is 4.79 Å². The molecule has 0 spiro atoms. The van der Waals surface area contributed by atoms with Gasteiger partial charge in [-0.3, -0.25) is 14.5 Å². The predicted molar refractivity (Wildman–Crippen MR) is 113 cm³/mol. The molecule has 1 saturated carbocycles. The van der Waals surface area contributed by atoms with Crippen LogP contribution in [0.5, 0.6) is 0 Å². The van der Waals surface area contributed by atoms with Gasteiger partial charge in [-0.05, 0) is 53.3 Å². The summed E-state index contributed by atoms with van der Waals surface area (Å²) in [6.45, 7) is 0.917. The van der Waals surface area contributed by atoms with Gasteiger partial charge in [0.25, 0.3) is 5.91 Å². The quantitative estimate of drug-likeness (QED) is 0.666. The highest BCUT2D eigenvalue weighted by Crippen LogP contribution is 2.40. The van der Waals surface area contributed by atoms with Crippen molar-refractivity contribution >= 4 is 41.0 Å². The Hall–Kier alpha value is -2.57. The van der Waals surface area contributed by atoms with Crippen LogP contribution in [-0.4, -0.2) is 52.2 Å². The molecule has 4 amide bonds. The Balaban J connectivity index is 1.41. The van der Waals surface area contributed by atoms with Gasteiger partial charge in [0.15, 0.2) is 0 Å². The SMILES string of the molecule is CN1C(=O)CN(Cc2ccc(-c3cc(Cl)c4c(c3)CN(C3CC3)C4=O)cc2Cl)C1=O. The van der Waals surface area contributed by atoms with Crippen molar-refractivity contribution < 1.29 is 14.4 Å². The first-order chi connectivity index (χ1) is 14.3. The number of urea groups is 1. The Labute approximate surface area is 183 Å². The van der Waals surface area contributed by atoms with Crippen LogP contribution in [0.25, 0.3) is 11.1 Å². The number of nitrogens with zero attached hydrogens (tertiary/aromatic N) is 3. The maximum atomic E-state index is 12.6. The number of hydrogen-bond acceptors (Lipinski definition) is 3. The van der Waals surface area contributed by atoms with Gasteiger partial charge >= 0.3 is 6.03 Å². The molecule has 0 radical (unpaired) electrons. The fraction of sp³-hybridized carbons (Fsp3) is 0.318. The average Bonchev–Trinajstić information content (AvgIpc) is 3.46. The van der Waals surface area contributed by atoms with Crippen molar-refractivity contribution in [2.24, 2.45) is 0 Å². The fourth-order valence-corrected chi connectivity index (χ4v) is 4.67. The number of fused-ring (bicyclic) bond motifs is 1. The number of hydrogen-bond donors (Lipinski definition) is 0. The molecule has 0 N–H and O–H groups in total. The van der Waals surface area contributed by atoms with Gasteiger partial charge in [-0.1, -0.05) is 35.3 Å². The molecular weight excluding hydrogens is 425 g/mol. The largest absolute Gasteiger partial charge is 0.331 e. The van der Waals surface area contributed by atoms with Crippen LogP contribution in [0.3, 0.4) is 0 Å². The summed E-state index contributed by atoms with van der Waals surface area (Å²) in [4.78, 5) is 41.0. The van der Waals surface area contributed by atoms with Crippen molar-refractivity contribution in [1.29, 1.82) is 0 Å². The number of imide groups is 1. The van der Waals surface area contributed by atoms with Crippen molar-refractivity contribution in [2.45, 2.75) is 32.0 Å².